The molecule has 0 saturated carbocycles. The van der Waals surface area contributed by atoms with Crippen LogP contribution in [-0.4, -0.2) is 22.5 Å². The number of rotatable bonds is 4. The van der Waals surface area contributed by atoms with E-state index in [0.717, 1.165) is 18.2 Å². The van der Waals surface area contributed by atoms with Gasteiger partial charge < -0.3 is 14.9 Å². The molecule has 122 valence electrons. The number of aliphatic carboxylic acids is 1. The highest BCUT2D eigenvalue weighted by Crippen LogP contribution is 2.33. The summed E-state index contributed by atoms with van der Waals surface area (Å²) in [5.74, 6) is -3.21. The van der Waals surface area contributed by atoms with Crippen LogP contribution in [0.3, 0.4) is 0 Å². The Kier molecular flexibility index (Phi) is 4.55. The zero-order chi connectivity index (χ0) is 17.2. The highest BCUT2D eigenvalue weighted by atomic mass is 19.4. The summed E-state index contributed by atoms with van der Waals surface area (Å²) >= 11 is 0. The van der Waals surface area contributed by atoms with Gasteiger partial charge in [-0.25, -0.2) is 9.18 Å². The summed E-state index contributed by atoms with van der Waals surface area (Å²) in [4.78, 5) is 10.9. The topological polar surface area (TPSA) is 66.8 Å². The highest BCUT2D eigenvalue weighted by molar-refractivity contribution is 5.80. The smallest absolute Gasteiger partial charge is 0.479 e. The van der Waals surface area contributed by atoms with Crippen LogP contribution in [0.2, 0.25) is 0 Å². The van der Waals surface area contributed by atoms with Gasteiger partial charge in [-0.1, -0.05) is 24.3 Å². The van der Waals surface area contributed by atoms with Gasteiger partial charge in [0.15, 0.2) is 6.10 Å². The Morgan fingerprint density at radius 2 is 1.78 bits per heavy atom. The standard InChI is InChI=1S/C15H10F4O4/c16-11-6-2-5-10(12(11)13(20)14(21)22)8-3-1-4-9(7-8)23-15(17,18)19/h1-7,13,20H,(H,21,22). The number of benzene rings is 2. The molecule has 4 nitrogen and oxygen atoms in total. The fraction of sp³-hybridized carbons (Fsp3) is 0.133. The van der Waals surface area contributed by atoms with Gasteiger partial charge in [0.2, 0.25) is 0 Å². The summed E-state index contributed by atoms with van der Waals surface area (Å²) < 4.78 is 54.4. The zero-order valence-corrected chi connectivity index (χ0v) is 11.3. The van der Waals surface area contributed by atoms with Crippen molar-refractivity contribution in [1.82, 2.24) is 0 Å². The molecule has 0 amide bonds. The molecule has 0 aliphatic heterocycles. The molecule has 0 fully saturated rings. The molecule has 2 aromatic rings. The molecule has 0 bridgehead atoms. The first kappa shape index (κ1) is 16.8. The molecule has 0 radical (unpaired) electrons. The Morgan fingerprint density at radius 1 is 1.13 bits per heavy atom. The van der Waals surface area contributed by atoms with Gasteiger partial charge in [-0.05, 0) is 29.3 Å². The number of ether oxygens (including phenoxy) is 1. The van der Waals surface area contributed by atoms with E-state index in [0.29, 0.717) is 0 Å². The Morgan fingerprint density at radius 3 is 2.39 bits per heavy atom. The number of hydrogen-bond donors (Lipinski definition) is 2. The van der Waals surface area contributed by atoms with Crippen LogP contribution in [0, 0.1) is 5.82 Å². The molecule has 0 aromatic heterocycles. The van der Waals surface area contributed by atoms with Crippen molar-refractivity contribution < 1.29 is 37.3 Å². The zero-order valence-electron chi connectivity index (χ0n) is 11.3. The van der Waals surface area contributed by atoms with Crippen LogP contribution >= 0.6 is 0 Å². The lowest BCUT2D eigenvalue weighted by molar-refractivity contribution is -0.274. The van der Waals surface area contributed by atoms with Gasteiger partial charge in [0, 0.05) is 5.56 Å². The number of alkyl halides is 3. The van der Waals surface area contributed by atoms with E-state index in [1.807, 2.05) is 0 Å². The average molecular weight is 330 g/mol. The molecule has 2 N–H and O–H groups in total. The van der Waals surface area contributed by atoms with Gasteiger partial charge in [0.05, 0.1) is 0 Å². The molecule has 0 heterocycles. The minimum atomic E-state index is -4.90. The van der Waals surface area contributed by atoms with Gasteiger partial charge in [-0.3, -0.25) is 0 Å². The maximum Gasteiger partial charge on any atom is 0.573 e. The van der Waals surface area contributed by atoms with E-state index in [-0.39, 0.29) is 11.1 Å². The van der Waals surface area contributed by atoms with Crippen molar-refractivity contribution in [1.29, 1.82) is 0 Å². The maximum absolute atomic E-state index is 13.9. The molecule has 1 atom stereocenters. The van der Waals surface area contributed by atoms with Crippen molar-refractivity contribution in [2.24, 2.45) is 0 Å². The first-order chi connectivity index (χ1) is 10.7. The number of carbonyl (C=O) groups is 1. The number of carboxylic acids is 1. The van der Waals surface area contributed by atoms with Crippen molar-refractivity contribution in [3.63, 3.8) is 0 Å². The van der Waals surface area contributed by atoms with Crippen LogP contribution in [-0.2, 0) is 4.79 Å². The molecule has 0 saturated heterocycles. The number of aliphatic hydroxyl groups excluding tert-OH is 1. The molecule has 2 rings (SSSR count). The van der Waals surface area contributed by atoms with E-state index >= 15 is 0 Å². The predicted molar refractivity (Wildman–Crippen MR) is 71.1 cm³/mol. The highest BCUT2D eigenvalue weighted by Gasteiger charge is 2.31. The largest absolute Gasteiger partial charge is 0.573 e. The Bertz CT molecular complexity index is 728. The van der Waals surface area contributed by atoms with E-state index < -0.39 is 35.6 Å². The number of carboxylic acid groups (broad SMARTS) is 1. The Labute approximate surface area is 127 Å². The molecule has 0 spiro atoms. The van der Waals surface area contributed by atoms with Gasteiger partial charge in [0.1, 0.15) is 11.6 Å². The normalized spacial score (nSPS) is 12.7. The SMILES string of the molecule is O=C(O)C(O)c1c(F)cccc1-c1cccc(OC(F)(F)F)c1. The van der Waals surface area contributed by atoms with Crippen LogP contribution < -0.4 is 4.74 Å². The van der Waals surface area contributed by atoms with Crippen LogP contribution in [0.15, 0.2) is 42.5 Å². The Balaban J connectivity index is 2.53. The molecule has 2 aromatic carbocycles. The molecule has 23 heavy (non-hydrogen) atoms. The lowest BCUT2D eigenvalue weighted by Crippen LogP contribution is -2.17. The van der Waals surface area contributed by atoms with Crippen LogP contribution in [0.1, 0.15) is 11.7 Å². The van der Waals surface area contributed by atoms with Gasteiger partial charge in [-0.2, -0.15) is 0 Å². The molecule has 8 heteroatoms. The van der Waals surface area contributed by atoms with Gasteiger partial charge in [-0.15, -0.1) is 13.2 Å². The third-order valence-corrected chi connectivity index (χ3v) is 2.94. The second-order valence-electron chi connectivity index (χ2n) is 4.52. The third kappa shape index (κ3) is 3.98. The fourth-order valence-electron chi connectivity index (χ4n) is 2.05. The van der Waals surface area contributed by atoms with Crippen molar-refractivity contribution in [3.05, 3.63) is 53.8 Å². The number of halogens is 4. The minimum absolute atomic E-state index is 0.0486. The average Bonchev–Trinajstić information content (AvgIpc) is 2.44. The lowest BCUT2D eigenvalue weighted by Gasteiger charge is -2.15. The van der Waals surface area contributed by atoms with Crippen molar-refractivity contribution in [2.45, 2.75) is 12.5 Å². The summed E-state index contributed by atoms with van der Waals surface area (Å²) in [5, 5.41) is 18.5. The van der Waals surface area contributed by atoms with Gasteiger partial charge in [0.25, 0.3) is 0 Å². The van der Waals surface area contributed by atoms with E-state index in [9.17, 15) is 27.5 Å². The summed E-state index contributed by atoms with van der Waals surface area (Å²) in [7, 11) is 0. The van der Waals surface area contributed by atoms with Gasteiger partial charge >= 0.3 is 12.3 Å². The summed E-state index contributed by atoms with van der Waals surface area (Å²) in [5.41, 5.74) is -0.516. The van der Waals surface area contributed by atoms with Crippen LogP contribution in [0.25, 0.3) is 11.1 Å². The number of aliphatic hydroxyl groups is 1. The van der Waals surface area contributed by atoms with Crippen molar-refractivity contribution in [3.8, 4) is 16.9 Å². The molecule has 0 aliphatic rings. The monoisotopic (exact) mass is 330 g/mol. The third-order valence-electron chi connectivity index (χ3n) is 2.94. The quantitative estimate of drug-likeness (QED) is 0.842. The minimum Gasteiger partial charge on any atom is -0.479 e. The van der Waals surface area contributed by atoms with E-state index in [2.05, 4.69) is 4.74 Å². The molecule has 0 aliphatic carbocycles. The predicted octanol–water partition coefficient (Wildman–Crippen LogP) is 3.51. The fourth-order valence-corrected chi connectivity index (χ4v) is 2.05. The summed E-state index contributed by atoms with van der Waals surface area (Å²) in [6.07, 6.45) is -7.05. The second kappa shape index (κ2) is 6.25. The Hall–Kier alpha value is -2.61. The van der Waals surface area contributed by atoms with Crippen molar-refractivity contribution in [2.75, 3.05) is 0 Å². The van der Waals surface area contributed by atoms with Crippen LogP contribution in [0.4, 0.5) is 17.6 Å². The molecular weight excluding hydrogens is 320 g/mol. The summed E-state index contributed by atoms with van der Waals surface area (Å²) in [6.45, 7) is 0. The first-order valence-electron chi connectivity index (χ1n) is 6.24. The molecular formula is C15H10F4O4. The van der Waals surface area contributed by atoms with E-state index in [1.165, 1.54) is 24.3 Å². The second-order valence-corrected chi connectivity index (χ2v) is 4.52. The number of hydrogen-bond acceptors (Lipinski definition) is 3. The maximum atomic E-state index is 13.9. The van der Waals surface area contributed by atoms with E-state index in [4.69, 9.17) is 5.11 Å². The first-order valence-corrected chi connectivity index (χ1v) is 6.24. The van der Waals surface area contributed by atoms with E-state index in [1.54, 1.807) is 0 Å². The van der Waals surface area contributed by atoms with Crippen molar-refractivity contribution >= 4 is 5.97 Å². The van der Waals surface area contributed by atoms with Crippen LogP contribution in [0.5, 0.6) is 5.75 Å². The lowest BCUT2D eigenvalue weighted by atomic mass is 9.95. The molecule has 1 unspecified atom stereocenters. The summed E-state index contributed by atoms with van der Waals surface area (Å²) in [6, 6.07) is 8.08.